The van der Waals surface area contributed by atoms with Crippen molar-refractivity contribution in [2.24, 2.45) is 5.73 Å². The van der Waals surface area contributed by atoms with Gasteiger partial charge in [0, 0.05) is 25.7 Å². The second kappa shape index (κ2) is 6.95. The van der Waals surface area contributed by atoms with E-state index in [1.54, 1.807) is 0 Å². The predicted molar refractivity (Wildman–Crippen MR) is 41.9 cm³/mol. The summed E-state index contributed by atoms with van der Waals surface area (Å²) in [5.74, 6) is 0. The molecule has 0 aromatic heterocycles. The summed E-state index contributed by atoms with van der Waals surface area (Å²) in [6.07, 6.45) is 0. The van der Waals surface area contributed by atoms with Gasteiger partial charge in [-0.1, -0.05) is 0 Å². The molecule has 0 fully saturated rings. The predicted octanol–water partition coefficient (Wildman–Crippen LogP) is -1.88. The van der Waals surface area contributed by atoms with Crippen molar-refractivity contribution < 1.29 is 5.11 Å². The van der Waals surface area contributed by atoms with Crippen molar-refractivity contribution in [1.82, 2.24) is 10.6 Å². The van der Waals surface area contributed by atoms with Gasteiger partial charge < -0.3 is 21.5 Å². The Hall–Kier alpha value is -0.160. The number of nitrogens with two attached hydrogens (primary N) is 1. The molecule has 0 saturated carbocycles. The minimum atomic E-state index is 0.145. The first-order valence-electron chi connectivity index (χ1n) is 3.54. The minimum Gasteiger partial charge on any atom is -0.395 e. The molecule has 0 saturated heterocycles. The summed E-state index contributed by atoms with van der Waals surface area (Å²) >= 11 is 0. The highest BCUT2D eigenvalue weighted by Gasteiger charge is 2.00. The van der Waals surface area contributed by atoms with Gasteiger partial charge in [-0.05, 0) is 7.05 Å². The third-order valence-electron chi connectivity index (χ3n) is 1.34. The molecule has 4 nitrogen and oxygen atoms in total. The van der Waals surface area contributed by atoms with Crippen LogP contribution in [-0.2, 0) is 0 Å². The van der Waals surface area contributed by atoms with Crippen molar-refractivity contribution in [3.63, 3.8) is 0 Å². The number of aliphatic hydroxyl groups excluding tert-OH is 1. The average molecular weight is 147 g/mol. The number of likely N-dealkylation sites (N-methyl/N-ethyl adjacent to an activating group) is 1. The Morgan fingerprint density at radius 1 is 1.60 bits per heavy atom. The van der Waals surface area contributed by atoms with Crippen LogP contribution in [-0.4, -0.2) is 44.4 Å². The second-order valence-electron chi connectivity index (χ2n) is 2.16. The van der Waals surface area contributed by atoms with E-state index in [2.05, 4.69) is 10.6 Å². The molecule has 0 bridgehead atoms. The zero-order chi connectivity index (χ0) is 7.82. The van der Waals surface area contributed by atoms with Crippen LogP contribution in [0, 0.1) is 0 Å². The van der Waals surface area contributed by atoms with E-state index >= 15 is 0 Å². The average Bonchev–Trinajstić information content (AvgIpc) is 1.99. The monoisotopic (exact) mass is 147 g/mol. The summed E-state index contributed by atoms with van der Waals surface area (Å²) in [5.41, 5.74) is 5.25. The molecule has 0 radical (unpaired) electrons. The fourth-order valence-electron chi connectivity index (χ4n) is 0.636. The molecule has 0 rings (SSSR count). The lowest BCUT2D eigenvalue weighted by atomic mass is 10.3. The fraction of sp³-hybridized carbons (Fsp3) is 1.00. The number of hydrogen-bond donors (Lipinski definition) is 4. The summed E-state index contributed by atoms with van der Waals surface area (Å²) in [4.78, 5) is 0. The van der Waals surface area contributed by atoms with Crippen LogP contribution in [0.15, 0.2) is 0 Å². The minimum absolute atomic E-state index is 0.145. The van der Waals surface area contributed by atoms with E-state index in [1.165, 1.54) is 0 Å². The van der Waals surface area contributed by atoms with Crippen LogP contribution < -0.4 is 16.4 Å². The maximum absolute atomic E-state index is 8.69. The molecule has 0 aliphatic heterocycles. The van der Waals surface area contributed by atoms with Crippen molar-refractivity contribution in [2.45, 2.75) is 6.04 Å². The summed E-state index contributed by atoms with van der Waals surface area (Å²) < 4.78 is 0. The van der Waals surface area contributed by atoms with Crippen LogP contribution in [0.5, 0.6) is 0 Å². The highest BCUT2D eigenvalue weighted by atomic mass is 16.3. The third kappa shape index (κ3) is 4.69. The first kappa shape index (κ1) is 9.84. The Morgan fingerprint density at radius 3 is 2.70 bits per heavy atom. The van der Waals surface area contributed by atoms with E-state index < -0.39 is 0 Å². The van der Waals surface area contributed by atoms with Gasteiger partial charge in [-0.15, -0.1) is 0 Å². The van der Waals surface area contributed by atoms with E-state index in [4.69, 9.17) is 10.8 Å². The van der Waals surface area contributed by atoms with Crippen LogP contribution in [0.4, 0.5) is 0 Å². The van der Waals surface area contributed by atoms with E-state index in [0.717, 1.165) is 13.1 Å². The Kier molecular flexibility index (Phi) is 6.84. The zero-order valence-electron chi connectivity index (χ0n) is 6.43. The molecule has 1 atom stereocenters. The van der Waals surface area contributed by atoms with Crippen molar-refractivity contribution >= 4 is 0 Å². The Labute approximate surface area is 61.8 Å². The fourth-order valence-corrected chi connectivity index (χ4v) is 0.636. The highest BCUT2D eigenvalue weighted by Crippen LogP contribution is 1.74. The number of hydrogen-bond acceptors (Lipinski definition) is 4. The largest absolute Gasteiger partial charge is 0.395 e. The molecule has 0 aliphatic rings. The van der Waals surface area contributed by atoms with Crippen LogP contribution >= 0.6 is 0 Å². The standard InChI is InChI=1S/C6H17N3O/c1-8-6(5-10)4-9-3-2-7/h6,8-10H,2-5,7H2,1H3/t6-/m1/s1. The molecule has 0 aliphatic carbocycles. The quantitative estimate of drug-likeness (QED) is 0.332. The van der Waals surface area contributed by atoms with E-state index in [9.17, 15) is 0 Å². The molecule has 0 spiro atoms. The van der Waals surface area contributed by atoms with Crippen molar-refractivity contribution in [3.05, 3.63) is 0 Å². The number of aliphatic hydroxyl groups is 1. The highest BCUT2D eigenvalue weighted by molar-refractivity contribution is 4.65. The van der Waals surface area contributed by atoms with E-state index in [0.29, 0.717) is 6.54 Å². The molecule has 0 amide bonds. The van der Waals surface area contributed by atoms with Crippen LogP contribution in [0.2, 0.25) is 0 Å². The molecule has 0 heterocycles. The van der Waals surface area contributed by atoms with Gasteiger partial charge >= 0.3 is 0 Å². The topological polar surface area (TPSA) is 70.3 Å². The SMILES string of the molecule is CN[C@@H](CO)CNCCN. The van der Waals surface area contributed by atoms with Crippen molar-refractivity contribution in [3.8, 4) is 0 Å². The molecular weight excluding hydrogens is 130 g/mol. The molecule has 10 heavy (non-hydrogen) atoms. The number of rotatable bonds is 6. The second-order valence-corrected chi connectivity index (χ2v) is 2.16. The van der Waals surface area contributed by atoms with Crippen molar-refractivity contribution in [1.29, 1.82) is 0 Å². The van der Waals surface area contributed by atoms with Gasteiger partial charge in [-0.3, -0.25) is 0 Å². The molecular formula is C6H17N3O. The Balaban J connectivity index is 3.09. The molecule has 4 heteroatoms. The summed E-state index contributed by atoms with van der Waals surface area (Å²) in [5, 5.41) is 14.7. The smallest absolute Gasteiger partial charge is 0.0596 e. The number of nitrogens with one attached hydrogen (secondary N) is 2. The maximum Gasteiger partial charge on any atom is 0.0596 e. The molecule has 0 aromatic carbocycles. The Morgan fingerprint density at radius 2 is 2.30 bits per heavy atom. The molecule has 5 N–H and O–H groups in total. The van der Waals surface area contributed by atoms with Crippen LogP contribution in [0.3, 0.4) is 0 Å². The van der Waals surface area contributed by atoms with Gasteiger partial charge in [-0.2, -0.15) is 0 Å². The van der Waals surface area contributed by atoms with Gasteiger partial charge in [0.05, 0.1) is 6.61 Å². The van der Waals surface area contributed by atoms with Gasteiger partial charge in [0.1, 0.15) is 0 Å². The van der Waals surface area contributed by atoms with Gasteiger partial charge in [-0.25, -0.2) is 0 Å². The first-order chi connectivity index (χ1) is 4.85. The maximum atomic E-state index is 8.69. The normalized spacial score (nSPS) is 13.5. The molecule has 0 unspecified atom stereocenters. The van der Waals surface area contributed by atoms with Gasteiger partial charge in [0.2, 0.25) is 0 Å². The lowest BCUT2D eigenvalue weighted by Crippen LogP contribution is -2.40. The zero-order valence-corrected chi connectivity index (χ0v) is 6.43. The van der Waals surface area contributed by atoms with Crippen LogP contribution in [0.1, 0.15) is 0 Å². The van der Waals surface area contributed by atoms with Gasteiger partial charge in [0.25, 0.3) is 0 Å². The first-order valence-corrected chi connectivity index (χ1v) is 3.54. The van der Waals surface area contributed by atoms with Gasteiger partial charge in [0.15, 0.2) is 0 Å². The third-order valence-corrected chi connectivity index (χ3v) is 1.34. The van der Waals surface area contributed by atoms with E-state index in [-0.39, 0.29) is 12.6 Å². The molecule has 62 valence electrons. The van der Waals surface area contributed by atoms with Crippen LogP contribution in [0.25, 0.3) is 0 Å². The Bertz CT molecular complexity index is 66.0. The molecule has 0 aromatic rings. The lowest BCUT2D eigenvalue weighted by Gasteiger charge is -2.12. The lowest BCUT2D eigenvalue weighted by molar-refractivity contribution is 0.245. The summed E-state index contributed by atoms with van der Waals surface area (Å²) in [6.45, 7) is 2.37. The van der Waals surface area contributed by atoms with Crippen molar-refractivity contribution in [2.75, 3.05) is 33.3 Å². The summed E-state index contributed by atoms with van der Waals surface area (Å²) in [6, 6.07) is 0.145. The van der Waals surface area contributed by atoms with E-state index in [1.807, 2.05) is 7.05 Å². The summed E-state index contributed by atoms with van der Waals surface area (Å²) in [7, 11) is 1.82.